The van der Waals surface area contributed by atoms with Gasteiger partial charge >= 0.3 is 5.97 Å². The Morgan fingerprint density at radius 1 is 1.16 bits per heavy atom. The van der Waals surface area contributed by atoms with Gasteiger partial charge in [0.15, 0.2) is 11.9 Å². The summed E-state index contributed by atoms with van der Waals surface area (Å²) < 4.78 is 17.7. The zero-order chi connectivity index (χ0) is 18.0. The molecule has 8 atom stereocenters. The molecule has 0 aromatic carbocycles. The van der Waals surface area contributed by atoms with Gasteiger partial charge in [-0.2, -0.15) is 0 Å². The van der Waals surface area contributed by atoms with Gasteiger partial charge in [0, 0.05) is 18.3 Å². The molecule has 6 nitrogen and oxygen atoms in total. The third kappa shape index (κ3) is 2.72. The van der Waals surface area contributed by atoms with Crippen LogP contribution >= 0.6 is 23.2 Å². The summed E-state index contributed by atoms with van der Waals surface area (Å²) in [7, 11) is 0. The number of carbonyl (C=O) groups is 1. The highest BCUT2D eigenvalue weighted by Crippen LogP contribution is 2.60. The summed E-state index contributed by atoms with van der Waals surface area (Å²) >= 11 is 11.3. The van der Waals surface area contributed by atoms with Crippen LogP contribution in [0.25, 0.3) is 0 Å². The fourth-order valence-corrected chi connectivity index (χ4v) is 5.28. The molecule has 0 amide bonds. The molecule has 0 aromatic rings. The fourth-order valence-electron chi connectivity index (χ4n) is 5.17. The number of ether oxygens (including phenoxy) is 3. The lowest BCUT2D eigenvalue weighted by molar-refractivity contribution is -0.576. The van der Waals surface area contributed by atoms with E-state index in [4.69, 9.17) is 47.2 Å². The van der Waals surface area contributed by atoms with Crippen molar-refractivity contribution in [1.29, 1.82) is 0 Å². The van der Waals surface area contributed by atoms with Gasteiger partial charge in [-0.05, 0) is 38.0 Å². The van der Waals surface area contributed by atoms with E-state index in [2.05, 4.69) is 6.92 Å². The summed E-state index contributed by atoms with van der Waals surface area (Å²) in [5.41, 5.74) is -0.669. The summed E-state index contributed by atoms with van der Waals surface area (Å²) in [4.78, 5) is 22.4. The third-order valence-electron chi connectivity index (χ3n) is 6.51. The Labute approximate surface area is 157 Å². The molecule has 1 saturated carbocycles. The minimum absolute atomic E-state index is 0.0862. The molecule has 0 radical (unpaired) electrons. The van der Waals surface area contributed by atoms with Gasteiger partial charge in [0.05, 0.1) is 0 Å². The lowest BCUT2D eigenvalue weighted by Crippen LogP contribution is -2.70. The molecule has 0 N–H and O–H groups in total. The van der Waals surface area contributed by atoms with E-state index in [1.54, 1.807) is 0 Å². The Balaban J connectivity index is 1.68. The zero-order valence-electron chi connectivity index (χ0n) is 14.6. The van der Waals surface area contributed by atoms with Crippen LogP contribution in [0.2, 0.25) is 0 Å². The molecule has 1 spiro atoms. The van der Waals surface area contributed by atoms with Crippen LogP contribution in [0.4, 0.5) is 0 Å². The number of fused-ring (bicyclic) bond motifs is 2. The average Bonchev–Trinajstić information content (AvgIpc) is 2.78. The Bertz CT molecular complexity index is 559. The van der Waals surface area contributed by atoms with Crippen molar-refractivity contribution in [2.24, 2.45) is 23.7 Å². The van der Waals surface area contributed by atoms with Crippen LogP contribution in [0.1, 0.15) is 46.5 Å². The predicted octanol–water partition coefficient (Wildman–Crippen LogP) is 3.54. The Morgan fingerprint density at radius 3 is 2.64 bits per heavy atom. The normalized spacial score (nSPS) is 51.8. The van der Waals surface area contributed by atoms with E-state index in [0.29, 0.717) is 5.92 Å². The maximum absolute atomic E-state index is 11.9. The molecule has 4 aliphatic heterocycles. The highest BCUT2D eigenvalue weighted by Gasteiger charge is 2.69. The molecule has 3 unspecified atom stereocenters. The van der Waals surface area contributed by atoms with E-state index < -0.39 is 34.8 Å². The highest BCUT2D eigenvalue weighted by atomic mass is 35.5. The Kier molecular flexibility index (Phi) is 4.54. The van der Waals surface area contributed by atoms with E-state index in [-0.39, 0.29) is 17.8 Å². The molecule has 1 aliphatic carbocycles. The van der Waals surface area contributed by atoms with Crippen molar-refractivity contribution < 1.29 is 28.8 Å². The predicted molar refractivity (Wildman–Crippen MR) is 88.4 cm³/mol. The van der Waals surface area contributed by atoms with Gasteiger partial charge < -0.3 is 14.2 Å². The topological polar surface area (TPSA) is 63.2 Å². The minimum Gasteiger partial charge on any atom is -0.433 e. The van der Waals surface area contributed by atoms with Crippen molar-refractivity contribution in [3.63, 3.8) is 0 Å². The van der Waals surface area contributed by atoms with Crippen molar-refractivity contribution in [1.82, 2.24) is 0 Å². The van der Waals surface area contributed by atoms with E-state index >= 15 is 0 Å². The largest absolute Gasteiger partial charge is 0.433 e. The van der Waals surface area contributed by atoms with Crippen LogP contribution < -0.4 is 0 Å². The fraction of sp³-hybridized carbons (Fsp3) is 0.941. The molecular weight excluding hydrogens is 371 g/mol. The molecule has 5 fully saturated rings. The standard InChI is InChI=1S/C17H24Cl2O6/c1-8-4-5-11-9(2)14(21-13(20)12(18)19)22-15-17(11)10(8)6-7-16(3,23-15)24-25-17/h8-12,14-15H,4-7H2,1-3H3/t8-,9-,10+,11?,14?,15-,16+,17?/m1/s1. The quantitative estimate of drug-likeness (QED) is 0.405. The van der Waals surface area contributed by atoms with Gasteiger partial charge in [-0.15, -0.1) is 0 Å². The zero-order valence-corrected chi connectivity index (χ0v) is 16.1. The van der Waals surface area contributed by atoms with Crippen LogP contribution in [0.5, 0.6) is 0 Å². The van der Waals surface area contributed by atoms with E-state index in [1.165, 1.54) is 0 Å². The van der Waals surface area contributed by atoms with E-state index in [1.807, 2.05) is 13.8 Å². The van der Waals surface area contributed by atoms with Crippen LogP contribution in [0.3, 0.4) is 0 Å². The number of hydrogen-bond acceptors (Lipinski definition) is 6. The van der Waals surface area contributed by atoms with Crippen molar-refractivity contribution >= 4 is 29.2 Å². The van der Waals surface area contributed by atoms with Gasteiger partial charge in [0.1, 0.15) is 0 Å². The first kappa shape index (κ1) is 18.3. The Morgan fingerprint density at radius 2 is 1.92 bits per heavy atom. The number of rotatable bonds is 2. The summed E-state index contributed by atoms with van der Waals surface area (Å²) in [5.74, 6) is -0.799. The maximum atomic E-state index is 11.9. The minimum atomic E-state index is -1.24. The maximum Gasteiger partial charge on any atom is 0.341 e. The van der Waals surface area contributed by atoms with Crippen molar-refractivity contribution in [3.8, 4) is 0 Å². The second-order valence-electron chi connectivity index (χ2n) is 8.01. The number of carbonyl (C=O) groups excluding carboxylic acids is 1. The lowest BCUT2D eigenvalue weighted by Gasteiger charge is -2.59. The van der Waals surface area contributed by atoms with Crippen LogP contribution in [0.15, 0.2) is 0 Å². The molecule has 4 saturated heterocycles. The molecule has 0 aromatic heterocycles. The first-order valence-electron chi connectivity index (χ1n) is 8.95. The van der Waals surface area contributed by atoms with Gasteiger partial charge in [-0.3, -0.25) is 0 Å². The molecule has 4 heterocycles. The monoisotopic (exact) mass is 394 g/mol. The number of halogens is 2. The lowest BCUT2D eigenvalue weighted by atomic mass is 9.58. The van der Waals surface area contributed by atoms with Crippen LogP contribution in [0, 0.1) is 23.7 Å². The van der Waals surface area contributed by atoms with Crippen LogP contribution in [-0.2, 0) is 28.8 Å². The molecule has 142 valence electrons. The number of alkyl halides is 2. The summed E-state index contributed by atoms with van der Waals surface area (Å²) in [5, 5.41) is 0. The van der Waals surface area contributed by atoms with Crippen molar-refractivity contribution in [3.05, 3.63) is 0 Å². The van der Waals surface area contributed by atoms with Gasteiger partial charge in [0.2, 0.25) is 16.9 Å². The summed E-state index contributed by atoms with van der Waals surface area (Å²) in [6.45, 7) is 6.10. The molecule has 5 rings (SSSR count). The highest BCUT2D eigenvalue weighted by molar-refractivity contribution is 6.52. The average molecular weight is 395 g/mol. The van der Waals surface area contributed by atoms with E-state index in [9.17, 15) is 4.79 Å². The second-order valence-corrected chi connectivity index (χ2v) is 9.11. The summed E-state index contributed by atoms with van der Waals surface area (Å²) in [6, 6.07) is 0. The molecule has 8 heteroatoms. The van der Waals surface area contributed by atoms with Gasteiger partial charge in [-0.1, -0.05) is 37.0 Å². The van der Waals surface area contributed by atoms with E-state index in [0.717, 1.165) is 25.7 Å². The SMILES string of the molecule is C[C@H]1C(OC(=O)C(Cl)Cl)O[C@@H]2O[C@]3(C)CC[C@H]4[C@H](C)CCC1C24OO3. The number of esters is 1. The first-order valence-corrected chi connectivity index (χ1v) is 9.83. The molecule has 25 heavy (non-hydrogen) atoms. The first-order chi connectivity index (χ1) is 11.8. The number of hydrogen-bond donors (Lipinski definition) is 0. The second kappa shape index (κ2) is 6.21. The van der Waals surface area contributed by atoms with Crippen LogP contribution in [-0.4, -0.2) is 34.8 Å². The van der Waals surface area contributed by atoms with Crippen molar-refractivity contribution in [2.45, 2.75) is 75.3 Å². The molecular formula is C17H24Cl2O6. The van der Waals surface area contributed by atoms with Gasteiger partial charge in [0.25, 0.3) is 0 Å². The van der Waals surface area contributed by atoms with Gasteiger partial charge in [-0.25, -0.2) is 14.6 Å². The smallest absolute Gasteiger partial charge is 0.341 e. The molecule has 5 aliphatic rings. The Hall–Kier alpha value is -0.110. The molecule has 2 bridgehead atoms. The third-order valence-corrected chi connectivity index (χ3v) is 6.86. The van der Waals surface area contributed by atoms with Crippen molar-refractivity contribution in [2.75, 3.05) is 0 Å². The summed E-state index contributed by atoms with van der Waals surface area (Å²) in [6.07, 6.45) is 2.29.